The van der Waals surface area contributed by atoms with Crippen LogP contribution in [0.15, 0.2) is 27.8 Å². The highest BCUT2D eigenvalue weighted by Gasteiger charge is 2.07. The normalized spacial score (nSPS) is 14.3. The second-order valence-electron chi connectivity index (χ2n) is 4.00. The summed E-state index contributed by atoms with van der Waals surface area (Å²) >= 11 is 0. The zero-order valence-corrected chi connectivity index (χ0v) is 9.53. The summed E-state index contributed by atoms with van der Waals surface area (Å²) in [5.74, 6) is 1.84. The Hall–Kier alpha value is -1.45. The smallest absolute Gasteiger partial charge is 0.189 e. The molecule has 1 rings (SSSR count). The summed E-state index contributed by atoms with van der Waals surface area (Å²) in [6.45, 7) is 6.93. The van der Waals surface area contributed by atoms with Crippen molar-refractivity contribution in [3.8, 4) is 0 Å². The van der Waals surface area contributed by atoms with Gasteiger partial charge in [0.2, 0.25) is 0 Å². The minimum Gasteiger partial charge on any atom is -0.467 e. The van der Waals surface area contributed by atoms with E-state index in [0.717, 1.165) is 12.3 Å². The number of guanidine groups is 1. The minimum atomic E-state index is 0.0518. The molecule has 3 N–H and O–H groups in total. The Morgan fingerprint density at radius 2 is 2.27 bits per heavy atom. The minimum absolute atomic E-state index is 0.0518. The number of aliphatic imine (C=N–C) groups is 1. The first-order valence-corrected chi connectivity index (χ1v) is 5.19. The SMILES string of the molecule is CC(C)CN=C(N)NC(C)c1ccco1. The molecule has 0 fully saturated rings. The van der Waals surface area contributed by atoms with E-state index >= 15 is 0 Å². The van der Waals surface area contributed by atoms with Crippen molar-refractivity contribution in [2.24, 2.45) is 16.6 Å². The first kappa shape index (κ1) is 11.6. The van der Waals surface area contributed by atoms with Crippen LogP contribution in [-0.2, 0) is 0 Å². The number of furan rings is 1. The summed E-state index contributed by atoms with van der Waals surface area (Å²) in [4.78, 5) is 4.22. The van der Waals surface area contributed by atoms with E-state index in [1.807, 2.05) is 19.1 Å². The van der Waals surface area contributed by atoms with Crippen molar-refractivity contribution >= 4 is 5.96 Å². The second kappa shape index (κ2) is 5.44. The number of nitrogens with two attached hydrogens (primary N) is 1. The third kappa shape index (κ3) is 4.06. The van der Waals surface area contributed by atoms with Gasteiger partial charge in [0.25, 0.3) is 0 Å². The van der Waals surface area contributed by atoms with Gasteiger partial charge in [0.1, 0.15) is 5.76 Å². The van der Waals surface area contributed by atoms with Crippen molar-refractivity contribution in [3.05, 3.63) is 24.2 Å². The molecule has 0 aliphatic carbocycles. The van der Waals surface area contributed by atoms with Gasteiger partial charge in [-0.3, -0.25) is 4.99 Å². The molecule has 1 unspecified atom stereocenters. The lowest BCUT2D eigenvalue weighted by Gasteiger charge is -2.12. The zero-order valence-electron chi connectivity index (χ0n) is 9.53. The van der Waals surface area contributed by atoms with Crippen LogP contribution in [0.2, 0.25) is 0 Å². The van der Waals surface area contributed by atoms with Gasteiger partial charge >= 0.3 is 0 Å². The van der Waals surface area contributed by atoms with Gasteiger partial charge in [0.05, 0.1) is 12.3 Å². The molecule has 0 saturated carbocycles. The van der Waals surface area contributed by atoms with Crippen molar-refractivity contribution in [2.45, 2.75) is 26.8 Å². The molecule has 1 atom stereocenters. The zero-order chi connectivity index (χ0) is 11.3. The van der Waals surface area contributed by atoms with E-state index in [0.29, 0.717) is 11.9 Å². The molecule has 0 amide bonds. The van der Waals surface area contributed by atoms with Crippen molar-refractivity contribution in [2.75, 3.05) is 6.54 Å². The maximum atomic E-state index is 5.73. The summed E-state index contributed by atoms with van der Waals surface area (Å²) in [5, 5.41) is 3.07. The van der Waals surface area contributed by atoms with Crippen LogP contribution in [0, 0.1) is 5.92 Å². The van der Waals surface area contributed by atoms with E-state index in [1.54, 1.807) is 6.26 Å². The molecular weight excluding hydrogens is 190 g/mol. The van der Waals surface area contributed by atoms with Gasteiger partial charge in [-0.15, -0.1) is 0 Å². The van der Waals surface area contributed by atoms with Crippen LogP contribution in [-0.4, -0.2) is 12.5 Å². The summed E-state index contributed by atoms with van der Waals surface area (Å²) < 4.78 is 5.25. The van der Waals surface area contributed by atoms with E-state index in [-0.39, 0.29) is 6.04 Å². The lowest BCUT2D eigenvalue weighted by Crippen LogP contribution is -2.34. The summed E-state index contributed by atoms with van der Waals surface area (Å²) in [7, 11) is 0. The molecule has 4 nitrogen and oxygen atoms in total. The topological polar surface area (TPSA) is 63.5 Å². The van der Waals surface area contributed by atoms with E-state index < -0.39 is 0 Å². The lowest BCUT2D eigenvalue weighted by atomic mass is 10.2. The lowest BCUT2D eigenvalue weighted by molar-refractivity contribution is 0.462. The highest BCUT2D eigenvalue weighted by atomic mass is 16.3. The third-order valence-electron chi connectivity index (χ3n) is 1.96. The van der Waals surface area contributed by atoms with Crippen LogP contribution < -0.4 is 11.1 Å². The quantitative estimate of drug-likeness (QED) is 0.588. The maximum Gasteiger partial charge on any atom is 0.189 e. The molecular formula is C11H19N3O. The molecule has 84 valence electrons. The van der Waals surface area contributed by atoms with Crippen molar-refractivity contribution in [3.63, 3.8) is 0 Å². The average molecular weight is 209 g/mol. The number of nitrogens with one attached hydrogen (secondary N) is 1. The van der Waals surface area contributed by atoms with Crippen LogP contribution in [0.1, 0.15) is 32.6 Å². The number of hydrogen-bond acceptors (Lipinski definition) is 2. The van der Waals surface area contributed by atoms with Gasteiger partial charge < -0.3 is 15.5 Å². The van der Waals surface area contributed by atoms with Crippen LogP contribution in [0.25, 0.3) is 0 Å². The molecule has 4 heteroatoms. The van der Waals surface area contributed by atoms with E-state index in [9.17, 15) is 0 Å². The summed E-state index contributed by atoms with van der Waals surface area (Å²) in [6, 6.07) is 3.82. The van der Waals surface area contributed by atoms with Gasteiger partial charge in [0.15, 0.2) is 5.96 Å². The van der Waals surface area contributed by atoms with E-state index in [1.165, 1.54) is 0 Å². The molecule has 0 aliphatic heterocycles. The highest BCUT2D eigenvalue weighted by molar-refractivity contribution is 5.78. The molecule has 1 aromatic rings. The Morgan fingerprint density at radius 3 is 2.80 bits per heavy atom. The highest BCUT2D eigenvalue weighted by Crippen LogP contribution is 2.11. The molecule has 0 saturated heterocycles. The van der Waals surface area contributed by atoms with E-state index in [4.69, 9.17) is 10.2 Å². The van der Waals surface area contributed by atoms with Crippen LogP contribution in [0.5, 0.6) is 0 Å². The average Bonchev–Trinajstić information content (AvgIpc) is 2.67. The van der Waals surface area contributed by atoms with Crippen LogP contribution >= 0.6 is 0 Å². The van der Waals surface area contributed by atoms with E-state index in [2.05, 4.69) is 24.2 Å². The predicted molar refractivity (Wildman–Crippen MR) is 61.6 cm³/mol. The van der Waals surface area contributed by atoms with Crippen LogP contribution in [0.4, 0.5) is 0 Å². The Labute approximate surface area is 90.6 Å². The molecule has 15 heavy (non-hydrogen) atoms. The Morgan fingerprint density at radius 1 is 1.53 bits per heavy atom. The first-order chi connectivity index (χ1) is 7.09. The number of hydrogen-bond donors (Lipinski definition) is 2. The maximum absolute atomic E-state index is 5.73. The molecule has 0 spiro atoms. The second-order valence-corrected chi connectivity index (χ2v) is 4.00. The molecule has 0 bridgehead atoms. The molecule has 0 aromatic carbocycles. The monoisotopic (exact) mass is 209 g/mol. The fourth-order valence-corrected chi connectivity index (χ4v) is 1.16. The standard InChI is InChI=1S/C11H19N3O/c1-8(2)7-13-11(12)14-9(3)10-5-4-6-15-10/h4-6,8-9H,7H2,1-3H3,(H3,12,13,14). The number of nitrogens with zero attached hydrogens (tertiary/aromatic N) is 1. The first-order valence-electron chi connectivity index (χ1n) is 5.19. The van der Waals surface area contributed by atoms with Gasteiger partial charge in [-0.25, -0.2) is 0 Å². The third-order valence-corrected chi connectivity index (χ3v) is 1.96. The summed E-state index contributed by atoms with van der Waals surface area (Å²) in [6.07, 6.45) is 1.65. The Bertz CT molecular complexity index is 304. The Kier molecular flexibility index (Phi) is 4.21. The Balaban J connectivity index is 2.44. The van der Waals surface area contributed by atoms with Crippen molar-refractivity contribution in [1.29, 1.82) is 0 Å². The van der Waals surface area contributed by atoms with Gasteiger partial charge in [-0.2, -0.15) is 0 Å². The van der Waals surface area contributed by atoms with Gasteiger partial charge in [-0.1, -0.05) is 13.8 Å². The number of rotatable bonds is 4. The molecule has 0 radical (unpaired) electrons. The molecule has 0 aliphatic rings. The molecule has 1 heterocycles. The predicted octanol–water partition coefficient (Wildman–Crippen LogP) is 1.90. The summed E-state index contributed by atoms with van der Waals surface area (Å²) in [5.41, 5.74) is 5.73. The van der Waals surface area contributed by atoms with Gasteiger partial charge in [0, 0.05) is 6.54 Å². The van der Waals surface area contributed by atoms with Gasteiger partial charge in [-0.05, 0) is 25.0 Å². The molecule has 1 aromatic heterocycles. The fourth-order valence-electron chi connectivity index (χ4n) is 1.16. The van der Waals surface area contributed by atoms with Crippen molar-refractivity contribution in [1.82, 2.24) is 5.32 Å². The van der Waals surface area contributed by atoms with Crippen LogP contribution in [0.3, 0.4) is 0 Å². The fraction of sp³-hybridized carbons (Fsp3) is 0.545. The van der Waals surface area contributed by atoms with Crippen molar-refractivity contribution < 1.29 is 4.42 Å². The largest absolute Gasteiger partial charge is 0.467 e.